The molecule has 0 unspecified atom stereocenters. The van der Waals surface area contributed by atoms with Crippen molar-refractivity contribution in [3.63, 3.8) is 0 Å². The molecule has 0 aliphatic heterocycles. The Bertz CT molecular complexity index is 1190. The average molecular weight is 512 g/mol. The molecule has 34 heavy (non-hydrogen) atoms. The van der Waals surface area contributed by atoms with Crippen molar-refractivity contribution in [1.82, 2.24) is 0 Å². The molecule has 0 spiro atoms. The number of ether oxygens (including phenoxy) is 1. The van der Waals surface area contributed by atoms with Crippen molar-refractivity contribution in [2.45, 2.75) is 30.6 Å². The van der Waals surface area contributed by atoms with Gasteiger partial charge in [0.05, 0.1) is 18.4 Å². The highest BCUT2D eigenvalue weighted by molar-refractivity contribution is 8.00. The van der Waals surface area contributed by atoms with E-state index < -0.39 is 0 Å². The van der Waals surface area contributed by atoms with Gasteiger partial charge in [-0.25, -0.2) is 4.79 Å². The van der Waals surface area contributed by atoms with Crippen LogP contribution in [-0.2, 0) is 22.4 Å². The van der Waals surface area contributed by atoms with E-state index in [-0.39, 0.29) is 17.6 Å². The summed E-state index contributed by atoms with van der Waals surface area (Å²) in [5, 5.41) is 10.3. The van der Waals surface area contributed by atoms with Crippen molar-refractivity contribution in [2.24, 2.45) is 0 Å². The van der Waals surface area contributed by atoms with E-state index in [1.165, 1.54) is 35.1 Å². The molecule has 0 saturated carbocycles. The second-order valence-corrected chi connectivity index (χ2v) is 10.3. The minimum absolute atomic E-state index is 0.159. The summed E-state index contributed by atoms with van der Waals surface area (Å²) < 4.78 is 4.98. The smallest absolute Gasteiger partial charge is 0.341 e. The van der Waals surface area contributed by atoms with Crippen LogP contribution in [0.15, 0.2) is 59.5 Å². The molecule has 0 bridgehead atoms. The number of para-hydroxylation sites is 1. The number of aryl methyl sites for hydroxylation is 1. The van der Waals surface area contributed by atoms with E-state index in [0.29, 0.717) is 15.7 Å². The van der Waals surface area contributed by atoms with E-state index >= 15 is 0 Å². The first kappa shape index (κ1) is 24.3. The summed E-state index contributed by atoms with van der Waals surface area (Å²) in [5.41, 5.74) is 3.29. The number of thiophene rings is 1. The van der Waals surface area contributed by atoms with Gasteiger partial charge in [-0.15, -0.1) is 23.1 Å². The molecular formula is C25H25N3O3S3. The van der Waals surface area contributed by atoms with Crippen LogP contribution in [-0.4, -0.2) is 29.9 Å². The lowest BCUT2D eigenvalue weighted by molar-refractivity contribution is -0.113. The number of methoxy groups -OCH3 is 1. The van der Waals surface area contributed by atoms with Crippen molar-refractivity contribution < 1.29 is 14.3 Å². The third-order valence-electron chi connectivity index (χ3n) is 5.31. The molecular weight excluding hydrogens is 486 g/mol. The molecule has 2 aromatic carbocycles. The fourth-order valence-electron chi connectivity index (χ4n) is 3.76. The number of anilines is 3. The molecule has 4 rings (SSSR count). The first-order chi connectivity index (χ1) is 16.5. The van der Waals surface area contributed by atoms with Gasteiger partial charge < -0.3 is 20.7 Å². The molecule has 0 fully saturated rings. The van der Waals surface area contributed by atoms with Gasteiger partial charge in [0.1, 0.15) is 5.00 Å². The van der Waals surface area contributed by atoms with E-state index in [9.17, 15) is 9.59 Å². The summed E-state index contributed by atoms with van der Waals surface area (Å²) in [6.45, 7) is 0. The van der Waals surface area contributed by atoms with Crippen molar-refractivity contribution in [1.29, 1.82) is 0 Å². The Morgan fingerprint density at radius 2 is 1.74 bits per heavy atom. The number of hydrogen-bond donors (Lipinski definition) is 3. The Labute approximate surface area is 212 Å². The van der Waals surface area contributed by atoms with Crippen molar-refractivity contribution >= 4 is 68.7 Å². The van der Waals surface area contributed by atoms with Gasteiger partial charge in [0.25, 0.3) is 0 Å². The molecule has 0 radical (unpaired) electrons. The SMILES string of the molecule is COC(=O)c1c(NC(=O)CSc2cccc(NC(=S)Nc3ccccc3)c2)sc2c1CCCC2. The average Bonchev–Trinajstić information content (AvgIpc) is 3.20. The van der Waals surface area contributed by atoms with E-state index in [4.69, 9.17) is 17.0 Å². The maximum absolute atomic E-state index is 12.7. The molecule has 6 nitrogen and oxygen atoms in total. The van der Waals surface area contributed by atoms with Gasteiger partial charge in [0, 0.05) is 21.1 Å². The molecule has 3 aromatic rings. The number of nitrogens with one attached hydrogen (secondary N) is 3. The maximum atomic E-state index is 12.7. The molecule has 176 valence electrons. The molecule has 9 heteroatoms. The van der Waals surface area contributed by atoms with Crippen LogP contribution >= 0.6 is 35.3 Å². The molecule has 1 heterocycles. The zero-order valence-corrected chi connectivity index (χ0v) is 21.1. The van der Waals surface area contributed by atoms with Gasteiger partial charge in [-0.1, -0.05) is 24.3 Å². The lowest BCUT2D eigenvalue weighted by Crippen LogP contribution is -2.19. The summed E-state index contributed by atoms with van der Waals surface area (Å²) in [6.07, 6.45) is 3.94. The third-order valence-corrected chi connectivity index (χ3v) is 7.71. The predicted molar refractivity (Wildman–Crippen MR) is 144 cm³/mol. The number of rotatable bonds is 7. The van der Waals surface area contributed by atoms with Gasteiger partial charge in [-0.2, -0.15) is 0 Å². The van der Waals surface area contributed by atoms with Crippen molar-refractivity contribution in [3.8, 4) is 0 Å². The monoisotopic (exact) mass is 511 g/mol. The Morgan fingerprint density at radius 3 is 2.53 bits per heavy atom. The lowest BCUT2D eigenvalue weighted by atomic mass is 9.95. The highest BCUT2D eigenvalue weighted by Gasteiger charge is 2.26. The Morgan fingerprint density at radius 1 is 1.00 bits per heavy atom. The van der Waals surface area contributed by atoms with Crippen LogP contribution in [0.1, 0.15) is 33.6 Å². The molecule has 0 saturated heterocycles. The number of thioether (sulfide) groups is 1. The number of esters is 1. The zero-order valence-electron chi connectivity index (χ0n) is 18.7. The van der Waals surface area contributed by atoms with Crippen LogP contribution in [0.2, 0.25) is 0 Å². The first-order valence-electron chi connectivity index (χ1n) is 10.9. The second-order valence-electron chi connectivity index (χ2n) is 7.72. The quantitative estimate of drug-likeness (QED) is 0.205. The summed E-state index contributed by atoms with van der Waals surface area (Å²) in [7, 11) is 1.37. The number of amides is 1. The van der Waals surface area contributed by atoms with Crippen LogP contribution in [0.3, 0.4) is 0 Å². The molecule has 0 atom stereocenters. The maximum Gasteiger partial charge on any atom is 0.341 e. The standard InChI is InChI=1S/C25H25N3O3S3/c1-31-24(30)22-19-12-5-6-13-20(19)34-23(22)28-21(29)15-33-18-11-7-10-17(14-18)27-25(32)26-16-8-3-2-4-9-16/h2-4,7-11,14H,5-6,12-13,15H2,1H3,(H,28,29)(H2,26,27,32). The summed E-state index contributed by atoms with van der Waals surface area (Å²) in [4.78, 5) is 27.2. The van der Waals surface area contributed by atoms with Gasteiger partial charge in [0.2, 0.25) is 5.91 Å². The molecule has 1 aliphatic rings. The lowest BCUT2D eigenvalue weighted by Gasteiger charge is -2.12. The van der Waals surface area contributed by atoms with Crippen molar-refractivity contribution in [3.05, 3.63) is 70.6 Å². The fraction of sp³-hybridized carbons (Fsp3) is 0.240. The van der Waals surface area contributed by atoms with Crippen LogP contribution in [0.25, 0.3) is 0 Å². The number of carbonyl (C=O) groups is 2. The minimum atomic E-state index is -0.388. The Hall–Kier alpha value is -2.88. The van der Waals surface area contributed by atoms with E-state index in [1.807, 2.05) is 54.6 Å². The number of carbonyl (C=O) groups excluding carboxylic acids is 2. The zero-order chi connectivity index (χ0) is 23.9. The molecule has 1 aromatic heterocycles. The normalized spacial score (nSPS) is 12.4. The fourth-order valence-corrected chi connectivity index (χ4v) is 6.05. The van der Waals surface area contributed by atoms with Crippen LogP contribution in [0, 0.1) is 0 Å². The molecule has 1 amide bonds. The van der Waals surface area contributed by atoms with Gasteiger partial charge >= 0.3 is 5.97 Å². The third kappa shape index (κ3) is 6.16. The highest BCUT2D eigenvalue weighted by Crippen LogP contribution is 2.38. The number of thiocarbonyl (C=S) groups is 1. The topological polar surface area (TPSA) is 79.5 Å². The summed E-state index contributed by atoms with van der Waals surface area (Å²) >= 11 is 8.30. The predicted octanol–water partition coefficient (Wildman–Crippen LogP) is 5.95. The van der Waals surface area contributed by atoms with Gasteiger partial charge in [-0.05, 0) is 73.8 Å². The van der Waals surface area contributed by atoms with Gasteiger partial charge in [0.15, 0.2) is 5.11 Å². The second kappa shape index (κ2) is 11.5. The van der Waals surface area contributed by atoms with E-state index in [0.717, 1.165) is 47.5 Å². The first-order valence-corrected chi connectivity index (χ1v) is 13.1. The number of fused-ring (bicyclic) bond motifs is 1. The molecule has 3 N–H and O–H groups in total. The Kier molecular flexibility index (Phi) is 8.21. The van der Waals surface area contributed by atoms with Crippen LogP contribution in [0.5, 0.6) is 0 Å². The highest BCUT2D eigenvalue weighted by atomic mass is 32.2. The Balaban J connectivity index is 1.35. The largest absolute Gasteiger partial charge is 0.465 e. The van der Waals surface area contributed by atoms with Crippen molar-refractivity contribution in [2.75, 3.05) is 28.8 Å². The summed E-state index contributed by atoms with van der Waals surface area (Å²) in [6, 6.07) is 17.4. The summed E-state index contributed by atoms with van der Waals surface area (Å²) in [5.74, 6) is -0.325. The number of benzene rings is 2. The van der Waals surface area contributed by atoms with Crippen LogP contribution in [0.4, 0.5) is 16.4 Å². The van der Waals surface area contributed by atoms with Gasteiger partial charge in [-0.3, -0.25) is 4.79 Å². The van der Waals surface area contributed by atoms with Crippen LogP contribution < -0.4 is 16.0 Å². The van der Waals surface area contributed by atoms with E-state index in [1.54, 1.807) is 0 Å². The van der Waals surface area contributed by atoms with E-state index in [2.05, 4.69) is 16.0 Å². The molecule has 1 aliphatic carbocycles. The minimum Gasteiger partial charge on any atom is -0.465 e. The number of hydrogen-bond acceptors (Lipinski definition) is 6.